The smallest absolute Gasteiger partial charge is 0.442 e. The third-order valence-corrected chi connectivity index (χ3v) is 7.90. The van der Waals surface area contributed by atoms with Crippen LogP contribution in [0.2, 0.25) is 0 Å². The summed E-state index contributed by atoms with van der Waals surface area (Å²) in [7, 11) is 1.56. The highest BCUT2D eigenvalue weighted by Gasteiger charge is 2.13. The molecule has 12 heteroatoms. The molecule has 0 aromatic heterocycles. The van der Waals surface area contributed by atoms with E-state index in [1.165, 1.54) is 0 Å². The summed E-state index contributed by atoms with van der Waals surface area (Å²) in [5.41, 5.74) is 0.710. The second kappa shape index (κ2) is 11.1. The lowest BCUT2D eigenvalue weighted by atomic mass is 10.3. The quantitative estimate of drug-likeness (QED) is 0.173. The first-order chi connectivity index (χ1) is 11.8. The lowest BCUT2D eigenvalue weighted by Crippen LogP contribution is -2.21. The van der Waals surface area contributed by atoms with Crippen molar-refractivity contribution in [1.29, 1.82) is 0 Å². The molecule has 0 aromatic rings. The molecular formula is C13H16ClI2N5O3S. The van der Waals surface area contributed by atoms with E-state index in [1.54, 1.807) is 35.2 Å². The number of aliphatic imine (C=N–C) groups is 3. The molecule has 0 radical (unpaired) electrons. The van der Waals surface area contributed by atoms with Gasteiger partial charge >= 0.3 is 6.09 Å². The number of amides is 1. The van der Waals surface area contributed by atoms with Gasteiger partial charge in [-0.1, -0.05) is 20.7 Å². The van der Waals surface area contributed by atoms with E-state index in [-0.39, 0.29) is 23.6 Å². The number of nitrogens with zero attached hydrogens (tertiary/aromatic N) is 4. The molecule has 1 aliphatic rings. The predicted octanol–water partition coefficient (Wildman–Crippen LogP) is 3.39. The van der Waals surface area contributed by atoms with Crippen LogP contribution >= 0.6 is 53.5 Å². The molecule has 1 atom stereocenters. The molecule has 0 saturated carbocycles. The summed E-state index contributed by atoms with van der Waals surface area (Å²) in [5.74, 6) is 0.450. The molecule has 1 unspecified atom stereocenters. The summed E-state index contributed by atoms with van der Waals surface area (Å²) in [6, 6.07) is 0. The zero-order chi connectivity index (χ0) is 18.9. The summed E-state index contributed by atoms with van der Waals surface area (Å²) in [4.78, 5) is 22.8. The fourth-order valence-electron chi connectivity index (χ4n) is 1.43. The van der Waals surface area contributed by atoms with Gasteiger partial charge in [0.15, 0.2) is 0 Å². The fraction of sp³-hybridized carbons (Fsp3) is 0.308. The van der Waals surface area contributed by atoms with Crippen molar-refractivity contribution >= 4 is 88.5 Å². The number of guanidine groups is 1. The Morgan fingerprint density at radius 3 is 2.88 bits per heavy atom. The number of amidine groups is 1. The van der Waals surface area contributed by atoms with Crippen molar-refractivity contribution in [2.45, 2.75) is 6.92 Å². The molecule has 1 aliphatic heterocycles. The number of hydrogen-bond acceptors (Lipinski definition) is 4. The Bertz CT molecular complexity index is 810. The third-order valence-electron chi connectivity index (χ3n) is 2.35. The number of ether oxygens (including phenoxy) is 1. The zero-order valence-corrected chi connectivity index (χ0v) is 19.3. The SMILES string of the molecule is C=NC(Cl)=NC(=NC)NC1=CC=IC(CS(=O)(I)=NC(=O)OCC)=C1. The van der Waals surface area contributed by atoms with Gasteiger partial charge in [0.05, 0.1) is 12.4 Å². The van der Waals surface area contributed by atoms with Crippen molar-refractivity contribution in [3.05, 3.63) is 21.4 Å². The van der Waals surface area contributed by atoms with Crippen LogP contribution in [0.15, 0.2) is 40.8 Å². The van der Waals surface area contributed by atoms with Crippen LogP contribution in [0, 0.1) is 0 Å². The van der Waals surface area contributed by atoms with Crippen LogP contribution < -0.4 is 5.32 Å². The van der Waals surface area contributed by atoms with Crippen molar-refractivity contribution in [3.63, 3.8) is 0 Å². The van der Waals surface area contributed by atoms with Crippen LogP contribution in [0.3, 0.4) is 0 Å². The molecule has 1 heterocycles. The number of rotatable bonds is 4. The van der Waals surface area contributed by atoms with Crippen molar-refractivity contribution < 1.29 is 13.7 Å². The van der Waals surface area contributed by atoms with E-state index < -0.39 is 33.7 Å². The van der Waals surface area contributed by atoms with E-state index in [1.807, 2.05) is 16.2 Å². The average molecular weight is 612 g/mol. The maximum absolute atomic E-state index is 12.5. The predicted molar refractivity (Wildman–Crippen MR) is 122 cm³/mol. The Morgan fingerprint density at radius 2 is 2.28 bits per heavy atom. The topological polar surface area (TPSA) is 105 Å². The molecule has 0 bridgehead atoms. The normalized spacial score (nSPS) is 17.4. The summed E-state index contributed by atoms with van der Waals surface area (Å²) in [6.07, 6.45) is 2.92. The van der Waals surface area contributed by atoms with E-state index >= 15 is 0 Å². The minimum atomic E-state index is -2.73. The molecule has 1 N–H and O–H groups in total. The Balaban J connectivity index is 2.91. The summed E-state index contributed by atoms with van der Waals surface area (Å²) in [5, 5.41) is 2.96. The van der Waals surface area contributed by atoms with Gasteiger partial charge in [-0.25, -0.2) is 14.0 Å². The number of carbonyl (C=O) groups is 1. The Morgan fingerprint density at radius 1 is 1.56 bits per heavy atom. The van der Waals surface area contributed by atoms with Crippen LogP contribution in [-0.2, 0) is 11.6 Å². The van der Waals surface area contributed by atoms with Crippen LogP contribution in [0.25, 0.3) is 0 Å². The van der Waals surface area contributed by atoms with Crippen LogP contribution in [-0.4, -0.2) is 51.7 Å². The summed E-state index contributed by atoms with van der Waals surface area (Å²) < 4.78 is 23.8. The number of nitrogens with one attached hydrogen (secondary N) is 1. The number of carbonyl (C=O) groups excluding carboxylic acids is 1. The maximum Gasteiger partial charge on any atom is 0.442 e. The van der Waals surface area contributed by atoms with Crippen molar-refractivity contribution in [3.8, 4) is 0 Å². The van der Waals surface area contributed by atoms with Gasteiger partial charge in [0.2, 0.25) is 11.3 Å². The average Bonchev–Trinajstić information content (AvgIpc) is 2.53. The van der Waals surface area contributed by atoms with Crippen molar-refractivity contribution in [1.82, 2.24) is 5.32 Å². The fourth-order valence-corrected chi connectivity index (χ4v) is 8.96. The highest BCUT2D eigenvalue weighted by molar-refractivity contribution is 14.2. The largest absolute Gasteiger partial charge is 0.448 e. The van der Waals surface area contributed by atoms with E-state index in [9.17, 15) is 9.00 Å². The van der Waals surface area contributed by atoms with Crippen LogP contribution in [0.4, 0.5) is 4.79 Å². The van der Waals surface area contributed by atoms with Gasteiger partial charge in [-0.15, -0.1) is 4.36 Å². The third kappa shape index (κ3) is 9.01. The van der Waals surface area contributed by atoms with E-state index in [2.05, 4.69) is 31.4 Å². The van der Waals surface area contributed by atoms with Gasteiger partial charge < -0.3 is 10.1 Å². The molecular weight excluding hydrogens is 596 g/mol. The Labute approximate surface area is 173 Å². The highest BCUT2D eigenvalue weighted by Crippen LogP contribution is 2.25. The molecule has 0 aromatic carbocycles. The number of halogens is 3. The van der Waals surface area contributed by atoms with Gasteiger partial charge in [0.25, 0.3) is 0 Å². The molecule has 8 nitrogen and oxygen atoms in total. The van der Waals surface area contributed by atoms with Gasteiger partial charge in [-0.2, -0.15) is 4.99 Å². The minimum Gasteiger partial charge on any atom is -0.448 e. The molecule has 0 spiro atoms. The van der Waals surface area contributed by atoms with Crippen molar-refractivity contribution in [2.24, 2.45) is 19.3 Å². The summed E-state index contributed by atoms with van der Waals surface area (Å²) in [6.45, 7) is 2.40. The Kier molecular flexibility index (Phi) is 9.96. The maximum atomic E-state index is 12.5. The number of hydrogen-bond donors (Lipinski definition) is 1. The Hall–Kier alpha value is -0.670. The van der Waals surface area contributed by atoms with Crippen molar-refractivity contribution in [2.75, 3.05) is 19.4 Å². The van der Waals surface area contributed by atoms with Crippen LogP contribution in [0.1, 0.15) is 6.92 Å². The highest BCUT2D eigenvalue weighted by atomic mass is 127. The lowest BCUT2D eigenvalue weighted by molar-refractivity contribution is 0.164. The monoisotopic (exact) mass is 611 g/mol. The molecule has 1 amide bonds. The second-order valence-electron chi connectivity index (χ2n) is 4.16. The van der Waals surface area contributed by atoms with Gasteiger partial charge in [-0.05, 0) is 41.4 Å². The first-order valence-electron chi connectivity index (χ1n) is 6.73. The summed E-state index contributed by atoms with van der Waals surface area (Å²) >= 11 is 6.97. The number of allylic oxidation sites excluding steroid dienone is 2. The molecule has 0 saturated heterocycles. The van der Waals surface area contributed by atoms with Gasteiger partial charge in [-0.3, -0.25) is 4.99 Å². The standard InChI is InChI=1S/C13H16ClI2N5O3S/c1-4-24-13(22)21-25(15,23)8-9-7-10(5-6-16-9)19-12(18-3)20-11(14)17-2/h5-7H,2,4,8H2,1,3H3,(H,18,19). The van der Waals surface area contributed by atoms with E-state index in [4.69, 9.17) is 16.3 Å². The van der Waals surface area contributed by atoms with E-state index in [0.717, 1.165) is 3.58 Å². The van der Waals surface area contributed by atoms with Crippen LogP contribution in [0.5, 0.6) is 0 Å². The molecule has 0 fully saturated rings. The zero-order valence-electron chi connectivity index (χ0n) is 13.4. The first-order valence-corrected chi connectivity index (χ1v) is 13.7. The van der Waals surface area contributed by atoms with E-state index in [0.29, 0.717) is 5.70 Å². The van der Waals surface area contributed by atoms with Gasteiger partial charge in [0, 0.05) is 37.5 Å². The molecule has 138 valence electrons. The molecule has 1 rings (SSSR count). The first kappa shape index (κ1) is 22.4. The molecule has 0 aliphatic carbocycles. The minimum absolute atomic E-state index is 0.0337. The second-order valence-corrected chi connectivity index (χ2v) is 12.9. The molecule has 25 heavy (non-hydrogen) atoms. The van der Waals surface area contributed by atoms with Gasteiger partial charge in [0.1, 0.15) is 6.90 Å². The lowest BCUT2D eigenvalue weighted by Gasteiger charge is -2.11.